The third-order valence-corrected chi connectivity index (χ3v) is 6.65. The van der Waals surface area contributed by atoms with Crippen molar-refractivity contribution in [3.8, 4) is 10.6 Å². The van der Waals surface area contributed by atoms with Gasteiger partial charge in [0.05, 0.1) is 5.69 Å². The molecule has 1 aromatic heterocycles. The molecular formula is C20H25N3OS. The normalized spacial score (nSPS) is 19.5. The van der Waals surface area contributed by atoms with Crippen molar-refractivity contribution in [3.05, 3.63) is 40.9 Å². The summed E-state index contributed by atoms with van der Waals surface area (Å²) in [5.41, 5.74) is 1.94. The molecule has 0 atom stereocenters. The van der Waals surface area contributed by atoms with Crippen LogP contribution in [-0.2, 0) is 0 Å². The molecule has 2 fully saturated rings. The number of aromatic nitrogens is 1. The van der Waals surface area contributed by atoms with Crippen molar-refractivity contribution in [2.75, 3.05) is 26.2 Å². The van der Waals surface area contributed by atoms with Gasteiger partial charge in [-0.1, -0.05) is 43.2 Å². The van der Waals surface area contributed by atoms with Crippen LogP contribution in [0.4, 0.5) is 0 Å². The van der Waals surface area contributed by atoms with Crippen LogP contribution in [0.15, 0.2) is 30.3 Å². The van der Waals surface area contributed by atoms with Gasteiger partial charge in [-0.2, -0.15) is 0 Å². The van der Waals surface area contributed by atoms with Crippen molar-refractivity contribution in [3.63, 3.8) is 0 Å². The van der Waals surface area contributed by atoms with Gasteiger partial charge in [-0.15, -0.1) is 11.3 Å². The van der Waals surface area contributed by atoms with Gasteiger partial charge >= 0.3 is 0 Å². The number of rotatable bonds is 3. The summed E-state index contributed by atoms with van der Waals surface area (Å²) < 4.78 is 0. The Balaban J connectivity index is 1.44. The fourth-order valence-corrected chi connectivity index (χ4v) is 5.04. The molecule has 2 heterocycles. The zero-order valence-electron chi connectivity index (χ0n) is 14.8. The van der Waals surface area contributed by atoms with E-state index >= 15 is 0 Å². The lowest BCUT2D eigenvalue weighted by Gasteiger charge is -2.37. The van der Waals surface area contributed by atoms with Crippen LogP contribution in [0.25, 0.3) is 10.6 Å². The summed E-state index contributed by atoms with van der Waals surface area (Å²) in [6, 6.07) is 10.9. The average molecular weight is 356 g/mol. The number of benzene rings is 1. The molecule has 5 heteroatoms. The van der Waals surface area contributed by atoms with Gasteiger partial charge in [0.1, 0.15) is 9.88 Å². The maximum absolute atomic E-state index is 13.0. The second-order valence-corrected chi connectivity index (χ2v) is 8.07. The number of carbonyl (C=O) groups is 1. The summed E-state index contributed by atoms with van der Waals surface area (Å²) in [4.78, 5) is 23.0. The molecule has 1 saturated heterocycles. The van der Waals surface area contributed by atoms with E-state index in [4.69, 9.17) is 0 Å². The first kappa shape index (κ1) is 16.7. The second-order valence-electron chi connectivity index (χ2n) is 7.07. The predicted octanol–water partition coefficient (Wildman–Crippen LogP) is 3.82. The van der Waals surface area contributed by atoms with Gasteiger partial charge in [-0.25, -0.2) is 4.98 Å². The predicted molar refractivity (Wildman–Crippen MR) is 102 cm³/mol. The fraction of sp³-hybridized carbons (Fsp3) is 0.500. The number of nitrogens with zero attached hydrogens (tertiary/aromatic N) is 3. The summed E-state index contributed by atoms with van der Waals surface area (Å²) in [5.74, 6) is 0.156. The van der Waals surface area contributed by atoms with Gasteiger partial charge in [0, 0.05) is 37.8 Å². The molecule has 1 amide bonds. The Hall–Kier alpha value is -1.72. The van der Waals surface area contributed by atoms with Crippen LogP contribution in [0.3, 0.4) is 0 Å². The molecule has 0 N–H and O–H groups in total. The first-order valence-electron chi connectivity index (χ1n) is 9.28. The van der Waals surface area contributed by atoms with Gasteiger partial charge in [0.25, 0.3) is 5.91 Å². The molecule has 0 bridgehead atoms. The van der Waals surface area contributed by atoms with E-state index in [0.717, 1.165) is 53.4 Å². The van der Waals surface area contributed by atoms with E-state index in [1.165, 1.54) is 37.0 Å². The van der Waals surface area contributed by atoms with Crippen LogP contribution < -0.4 is 0 Å². The summed E-state index contributed by atoms with van der Waals surface area (Å²) in [7, 11) is 0. The minimum atomic E-state index is 0.156. The molecule has 4 nitrogen and oxygen atoms in total. The molecule has 2 aromatic rings. The third-order valence-electron chi connectivity index (χ3n) is 5.45. The van der Waals surface area contributed by atoms with E-state index in [9.17, 15) is 4.79 Å². The lowest BCUT2D eigenvalue weighted by Crippen LogP contribution is -2.51. The molecule has 0 unspecified atom stereocenters. The molecule has 1 aliphatic heterocycles. The zero-order chi connectivity index (χ0) is 17.2. The number of piperazine rings is 1. The molecule has 1 aromatic carbocycles. The molecule has 1 saturated carbocycles. The lowest BCUT2D eigenvalue weighted by atomic mass is 10.1. The number of carbonyl (C=O) groups excluding carboxylic acids is 1. The molecule has 0 radical (unpaired) electrons. The van der Waals surface area contributed by atoms with Gasteiger partial charge in [-0.3, -0.25) is 9.69 Å². The number of aryl methyl sites for hydroxylation is 1. The summed E-state index contributed by atoms with van der Waals surface area (Å²) in [6.07, 6.45) is 5.41. The summed E-state index contributed by atoms with van der Waals surface area (Å²) in [6.45, 7) is 5.66. The minimum absolute atomic E-state index is 0.156. The van der Waals surface area contributed by atoms with Crippen molar-refractivity contribution in [2.45, 2.75) is 38.6 Å². The van der Waals surface area contributed by atoms with Gasteiger partial charge in [0.2, 0.25) is 0 Å². The molecule has 0 spiro atoms. The van der Waals surface area contributed by atoms with E-state index in [1.54, 1.807) is 0 Å². The van der Waals surface area contributed by atoms with E-state index in [0.29, 0.717) is 0 Å². The summed E-state index contributed by atoms with van der Waals surface area (Å²) in [5, 5.41) is 0.936. The Morgan fingerprint density at radius 3 is 2.44 bits per heavy atom. The van der Waals surface area contributed by atoms with E-state index in [1.807, 2.05) is 42.2 Å². The molecular weight excluding hydrogens is 330 g/mol. The molecule has 132 valence electrons. The van der Waals surface area contributed by atoms with Crippen LogP contribution >= 0.6 is 11.3 Å². The smallest absolute Gasteiger partial charge is 0.265 e. The highest BCUT2D eigenvalue weighted by Gasteiger charge is 2.29. The number of hydrogen-bond donors (Lipinski definition) is 0. The second kappa shape index (κ2) is 7.26. The number of amides is 1. The molecule has 25 heavy (non-hydrogen) atoms. The van der Waals surface area contributed by atoms with Crippen molar-refractivity contribution in [1.29, 1.82) is 0 Å². The Kier molecular flexibility index (Phi) is 4.86. The maximum Gasteiger partial charge on any atom is 0.265 e. The standard InChI is InChI=1S/C20H25N3OS/c1-15-18(25-19(21-15)16-7-3-2-4-8-16)20(24)23-13-11-22(12-14-23)17-9-5-6-10-17/h2-4,7-8,17H,5-6,9-14H2,1H3. The lowest BCUT2D eigenvalue weighted by molar-refractivity contribution is 0.0577. The van der Waals surface area contributed by atoms with Crippen molar-refractivity contribution in [2.24, 2.45) is 0 Å². The van der Waals surface area contributed by atoms with Crippen LogP contribution in [0.2, 0.25) is 0 Å². The van der Waals surface area contributed by atoms with Crippen LogP contribution in [0.1, 0.15) is 41.0 Å². The first-order valence-corrected chi connectivity index (χ1v) is 10.1. The van der Waals surface area contributed by atoms with Gasteiger partial charge < -0.3 is 4.90 Å². The first-order chi connectivity index (χ1) is 12.2. The van der Waals surface area contributed by atoms with E-state index in [2.05, 4.69) is 9.88 Å². The highest BCUT2D eigenvalue weighted by atomic mass is 32.1. The topological polar surface area (TPSA) is 36.4 Å². The van der Waals surface area contributed by atoms with Crippen LogP contribution in [-0.4, -0.2) is 52.9 Å². The highest BCUT2D eigenvalue weighted by molar-refractivity contribution is 7.17. The van der Waals surface area contributed by atoms with E-state index < -0.39 is 0 Å². The van der Waals surface area contributed by atoms with Gasteiger partial charge in [-0.05, 0) is 19.8 Å². The number of thiazole rings is 1. The molecule has 2 aliphatic rings. The fourth-order valence-electron chi connectivity index (χ4n) is 4.00. The monoisotopic (exact) mass is 355 g/mol. The summed E-state index contributed by atoms with van der Waals surface area (Å²) >= 11 is 1.52. The third kappa shape index (κ3) is 3.48. The van der Waals surface area contributed by atoms with Crippen molar-refractivity contribution < 1.29 is 4.79 Å². The van der Waals surface area contributed by atoms with Crippen molar-refractivity contribution >= 4 is 17.2 Å². The Morgan fingerprint density at radius 1 is 1.08 bits per heavy atom. The van der Waals surface area contributed by atoms with Crippen LogP contribution in [0, 0.1) is 6.92 Å². The number of hydrogen-bond acceptors (Lipinski definition) is 4. The zero-order valence-corrected chi connectivity index (χ0v) is 15.6. The quantitative estimate of drug-likeness (QED) is 0.840. The van der Waals surface area contributed by atoms with Crippen LogP contribution in [0.5, 0.6) is 0 Å². The highest BCUT2D eigenvalue weighted by Crippen LogP contribution is 2.29. The molecule has 1 aliphatic carbocycles. The van der Waals surface area contributed by atoms with E-state index in [-0.39, 0.29) is 5.91 Å². The maximum atomic E-state index is 13.0. The Morgan fingerprint density at radius 2 is 1.76 bits per heavy atom. The average Bonchev–Trinajstić information content (AvgIpc) is 3.32. The largest absolute Gasteiger partial charge is 0.335 e. The minimum Gasteiger partial charge on any atom is -0.335 e. The Labute approximate surface area is 153 Å². The molecule has 4 rings (SSSR count). The van der Waals surface area contributed by atoms with Crippen molar-refractivity contribution in [1.82, 2.24) is 14.8 Å². The Bertz CT molecular complexity index is 729. The van der Waals surface area contributed by atoms with Gasteiger partial charge in [0.15, 0.2) is 0 Å². The SMILES string of the molecule is Cc1nc(-c2ccccc2)sc1C(=O)N1CCN(C2CCCC2)CC1.